The topological polar surface area (TPSA) is 61.4 Å². The second-order valence-electron chi connectivity index (χ2n) is 8.17. The number of hydrogen-bond donors (Lipinski definition) is 3. The van der Waals surface area contributed by atoms with Crippen LogP contribution >= 0.6 is 11.3 Å². The molecule has 1 amide bonds. The zero-order valence-corrected chi connectivity index (χ0v) is 19.3. The Morgan fingerprint density at radius 1 is 0.824 bits per heavy atom. The van der Waals surface area contributed by atoms with E-state index in [0.717, 1.165) is 12.1 Å². The number of rotatable bonds is 7. The molecular weight excluding hydrogens is 440 g/mol. The number of hydrogen-bond acceptors (Lipinski definition) is 4. The Balaban J connectivity index is 1.52. The highest BCUT2D eigenvalue weighted by atomic mass is 32.1. The summed E-state index contributed by atoms with van der Waals surface area (Å²) in [6.07, 6.45) is 0.821. The fourth-order valence-electron chi connectivity index (χ4n) is 4.20. The van der Waals surface area contributed by atoms with E-state index < -0.39 is 5.91 Å². The van der Waals surface area contributed by atoms with Gasteiger partial charge in [0.05, 0.1) is 6.04 Å². The first-order valence-electron chi connectivity index (χ1n) is 11.1. The normalized spacial score (nSPS) is 11.8. The van der Waals surface area contributed by atoms with Crippen molar-refractivity contribution >= 4 is 33.0 Å². The van der Waals surface area contributed by atoms with Gasteiger partial charge in [0.25, 0.3) is 5.91 Å². The minimum atomic E-state index is -0.523. The average Bonchev–Trinajstić information content (AvgIpc) is 3.33. The summed E-state index contributed by atoms with van der Waals surface area (Å²) in [6, 6.07) is 34.7. The maximum absolute atomic E-state index is 11.7. The molecule has 0 bridgehead atoms. The molecule has 0 saturated heterocycles. The fraction of sp³-hybridized carbons (Fsp3) is 0.0690. The van der Waals surface area contributed by atoms with Gasteiger partial charge in [-0.05, 0) is 75.8 Å². The van der Waals surface area contributed by atoms with Crippen molar-refractivity contribution in [2.24, 2.45) is 0 Å². The Hall–Kier alpha value is -3.93. The molecule has 1 atom stereocenters. The molecule has 0 aliphatic carbocycles. The van der Waals surface area contributed by atoms with Gasteiger partial charge in [0, 0.05) is 16.0 Å². The number of nitrogens with one attached hydrogen (secondary N) is 2. The van der Waals surface area contributed by atoms with Gasteiger partial charge in [-0.25, -0.2) is 5.48 Å². The lowest BCUT2D eigenvalue weighted by molar-refractivity contribution is 0.0706. The molecule has 0 spiro atoms. The Bertz CT molecular complexity index is 1400. The predicted octanol–water partition coefficient (Wildman–Crippen LogP) is 7.08. The minimum Gasteiger partial charge on any atom is -0.378 e. The molecule has 5 rings (SSSR count). The van der Waals surface area contributed by atoms with Crippen LogP contribution < -0.4 is 10.8 Å². The minimum absolute atomic E-state index is 0.0414. The number of thiophene rings is 1. The maximum atomic E-state index is 11.7. The van der Waals surface area contributed by atoms with Crippen LogP contribution in [0.5, 0.6) is 0 Å². The van der Waals surface area contributed by atoms with E-state index in [9.17, 15) is 4.79 Å². The van der Waals surface area contributed by atoms with Crippen LogP contribution in [-0.4, -0.2) is 11.1 Å². The van der Waals surface area contributed by atoms with Crippen molar-refractivity contribution < 1.29 is 10.0 Å². The standard InChI is InChI=1S/C29H24N2O2S/c32-29(31-33)22-11-14-24(15-12-22)30-27(17-20-7-3-1-4-8-20)26-19-34-28-16-13-23(18-25(26)28)21-9-5-2-6-10-21/h1-16,18-19,27,30,33H,17H2,(H,31,32). The van der Waals surface area contributed by atoms with Gasteiger partial charge in [0.15, 0.2) is 0 Å². The van der Waals surface area contributed by atoms with Crippen molar-refractivity contribution in [3.8, 4) is 11.1 Å². The third kappa shape index (κ3) is 4.71. The summed E-state index contributed by atoms with van der Waals surface area (Å²) in [5, 5.41) is 16.1. The van der Waals surface area contributed by atoms with Gasteiger partial charge >= 0.3 is 0 Å². The smallest absolute Gasteiger partial charge is 0.274 e. The number of fused-ring (bicyclic) bond motifs is 1. The predicted molar refractivity (Wildman–Crippen MR) is 139 cm³/mol. The van der Waals surface area contributed by atoms with Crippen LogP contribution in [0, 0.1) is 0 Å². The second kappa shape index (κ2) is 9.91. The van der Waals surface area contributed by atoms with E-state index in [4.69, 9.17) is 5.21 Å². The SMILES string of the molecule is O=C(NO)c1ccc(NC(Cc2ccccc2)c2csc3ccc(-c4ccccc4)cc23)cc1. The van der Waals surface area contributed by atoms with Crippen molar-refractivity contribution in [2.45, 2.75) is 12.5 Å². The van der Waals surface area contributed by atoms with Crippen molar-refractivity contribution in [1.29, 1.82) is 0 Å². The largest absolute Gasteiger partial charge is 0.378 e. The molecule has 1 aromatic heterocycles. The quantitative estimate of drug-likeness (QED) is 0.178. The first kappa shape index (κ1) is 21.9. The third-order valence-corrected chi connectivity index (χ3v) is 6.94. The highest BCUT2D eigenvalue weighted by molar-refractivity contribution is 7.17. The first-order valence-corrected chi connectivity index (χ1v) is 12.0. The van der Waals surface area contributed by atoms with E-state index in [1.54, 1.807) is 28.9 Å². The summed E-state index contributed by atoms with van der Waals surface area (Å²) in [4.78, 5) is 11.7. The molecule has 3 N–H and O–H groups in total. The van der Waals surface area contributed by atoms with Crippen LogP contribution in [0.15, 0.2) is 109 Å². The van der Waals surface area contributed by atoms with Gasteiger partial charge < -0.3 is 5.32 Å². The van der Waals surface area contributed by atoms with Crippen LogP contribution in [0.3, 0.4) is 0 Å². The van der Waals surface area contributed by atoms with Gasteiger partial charge in [-0.15, -0.1) is 11.3 Å². The molecule has 0 saturated carbocycles. The average molecular weight is 465 g/mol. The first-order chi connectivity index (χ1) is 16.7. The number of amides is 1. The fourth-order valence-corrected chi connectivity index (χ4v) is 5.20. The highest BCUT2D eigenvalue weighted by Gasteiger charge is 2.18. The lowest BCUT2D eigenvalue weighted by Gasteiger charge is -2.21. The molecule has 0 radical (unpaired) electrons. The van der Waals surface area contributed by atoms with Crippen LogP contribution in [0.2, 0.25) is 0 Å². The summed E-state index contributed by atoms with van der Waals surface area (Å²) >= 11 is 1.76. The van der Waals surface area contributed by atoms with Crippen LogP contribution in [0.1, 0.15) is 27.5 Å². The van der Waals surface area contributed by atoms with Crippen LogP contribution in [0.25, 0.3) is 21.2 Å². The molecule has 0 fully saturated rings. The number of carbonyl (C=O) groups is 1. The number of anilines is 1. The van der Waals surface area contributed by atoms with Gasteiger partial charge in [0.2, 0.25) is 0 Å². The van der Waals surface area contributed by atoms with Crippen molar-refractivity contribution in [2.75, 3.05) is 5.32 Å². The molecule has 4 aromatic carbocycles. The molecule has 1 unspecified atom stereocenters. The third-order valence-electron chi connectivity index (χ3n) is 5.96. The molecule has 1 heterocycles. The Morgan fingerprint density at radius 3 is 2.24 bits per heavy atom. The Labute approximate surface area is 202 Å². The second-order valence-corrected chi connectivity index (χ2v) is 9.08. The van der Waals surface area contributed by atoms with Crippen LogP contribution in [-0.2, 0) is 6.42 Å². The Kier molecular flexibility index (Phi) is 6.38. The highest BCUT2D eigenvalue weighted by Crippen LogP contribution is 2.36. The van der Waals surface area contributed by atoms with Crippen molar-refractivity contribution in [3.63, 3.8) is 0 Å². The zero-order valence-electron chi connectivity index (χ0n) is 18.4. The van der Waals surface area contributed by atoms with Crippen molar-refractivity contribution in [1.82, 2.24) is 5.48 Å². The molecule has 34 heavy (non-hydrogen) atoms. The lowest BCUT2D eigenvalue weighted by Crippen LogP contribution is -2.18. The Morgan fingerprint density at radius 2 is 1.53 bits per heavy atom. The molecule has 0 aliphatic rings. The molecule has 5 heteroatoms. The van der Waals surface area contributed by atoms with Gasteiger partial charge in [-0.1, -0.05) is 66.7 Å². The van der Waals surface area contributed by atoms with Gasteiger partial charge in [-0.3, -0.25) is 10.0 Å². The molecule has 0 aliphatic heterocycles. The summed E-state index contributed by atoms with van der Waals surface area (Å²) in [7, 11) is 0. The van der Waals surface area contributed by atoms with E-state index in [2.05, 4.69) is 77.4 Å². The summed E-state index contributed by atoms with van der Waals surface area (Å²) in [6.45, 7) is 0. The van der Waals surface area contributed by atoms with Gasteiger partial charge in [0.1, 0.15) is 0 Å². The maximum Gasteiger partial charge on any atom is 0.274 e. The number of hydroxylamine groups is 1. The van der Waals surface area contributed by atoms with Crippen LogP contribution in [0.4, 0.5) is 5.69 Å². The molecule has 5 aromatic rings. The van der Waals surface area contributed by atoms with E-state index in [1.807, 2.05) is 24.3 Å². The molecular formula is C29H24N2O2S. The summed E-state index contributed by atoms with van der Waals surface area (Å²) < 4.78 is 1.25. The van der Waals surface area contributed by atoms with Gasteiger partial charge in [-0.2, -0.15) is 0 Å². The van der Waals surface area contributed by atoms with E-state index in [0.29, 0.717) is 5.56 Å². The lowest BCUT2D eigenvalue weighted by atomic mass is 9.96. The monoisotopic (exact) mass is 464 g/mol. The molecule has 168 valence electrons. The molecule has 4 nitrogen and oxygen atoms in total. The van der Waals surface area contributed by atoms with Crippen molar-refractivity contribution in [3.05, 3.63) is 125 Å². The van der Waals surface area contributed by atoms with E-state index >= 15 is 0 Å². The van der Waals surface area contributed by atoms with E-state index in [-0.39, 0.29) is 6.04 Å². The number of carbonyl (C=O) groups excluding carboxylic acids is 1. The summed E-state index contributed by atoms with van der Waals surface area (Å²) in [5.74, 6) is -0.523. The zero-order chi connectivity index (χ0) is 23.3. The number of benzene rings is 4. The van der Waals surface area contributed by atoms with E-state index in [1.165, 1.54) is 32.3 Å². The summed E-state index contributed by atoms with van der Waals surface area (Å²) in [5.41, 5.74) is 7.89.